The first-order chi connectivity index (χ1) is 24.8. The number of fused-ring (bicyclic) bond motifs is 1. The van der Waals surface area contributed by atoms with Crippen LogP contribution in [-0.4, -0.2) is 90.6 Å². The number of amides is 3. The van der Waals surface area contributed by atoms with Crippen LogP contribution in [0.2, 0.25) is 0 Å². The molecule has 5 atom stereocenters. The zero-order valence-corrected chi connectivity index (χ0v) is 28.3. The molecule has 6 N–H and O–H groups in total. The number of nitrogens with one attached hydrogen (secondary N) is 4. The molecule has 1 saturated carbocycles. The number of imidazole rings is 1. The normalized spacial score (nSPS) is 21.6. The van der Waals surface area contributed by atoms with E-state index in [9.17, 15) is 19.8 Å². The monoisotopic (exact) mass is 690 g/mol. The number of anilines is 2. The standard InChI is InChI=1S/C37H42N10O4/c1-23(48)42-29-18-30(33(50)32(29)49)47-22-41-31-34(39-20-28(24-10-4-2-5-11-24)25-12-6-3-7-13-25)44-36(45-35(31)47)46-17-15-27(21-46)43-37(51)40-19-26-14-8-9-16-38-26/h2-14,16,22,27-30,32-33,49-50H,15,17-21H2,1H3,(H,42,48)(H,39,44,45)(H2,40,43,51)/t27-,29+,30-,32-,33+/m1/s1. The highest BCUT2D eigenvalue weighted by Crippen LogP contribution is 2.35. The van der Waals surface area contributed by atoms with Gasteiger partial charge in [0.2, 0.25) is 11.9 Å². The summed E-state index contributed by atoms with van der Waals surface area (Å²) >= 11 is 0. The maximum atomic E-state index is 12.7. The summed E-state index contributed by atoms with van der Waals surface area (Å²) < 4.78 is 1.77. The summed E-state index contributed by atoms with van der Waals surface area (Å²) in [6, 6.07) is 24.5. The molecule has 0 bridgehead atoms. The summed E-state index contributed by atoms with van der Waals surface area (Å²) in [5.74, 6) is 0.708. The van der Waals surface area contributed by atoms with Crippen LogP contribution in [0.15, 0.2) is 91.4 Å². The Morgan fingerprint density at radius 1 is 0.902 bits per heavy atom. The number of nitrogens with zero attached hydrogens (tertiary/aromatic N) is 6. The fraction of sp³-hybridized carbons (Fsp3) is 0.351. The van der Waals surface area contributed by atoms with E-state index in [0.29, 0.717) is 62.0 Å². The summed E-state index contributed by atoms with van der Waals surface area (Å²) in [7, 11) is 0. The van der Waals surface area contributed by atoms with Gasteiger partial charge in [0.05, 0.1) is 30.6 Å². The summed E-state index contributed by atoms with van der Waals surface area (Å²) in [6.45, 7) is 3.32. The van der Waals surface area contributed by atoms with Gasteiger partial charge in [0.25, 0.3) is 0 Å². The number of benzene rings is 2. The highest BCUT2D eigenvalue weighted by atomic mass is 16.3. The van der Waals surface area contributed by atoms with Crippen molar-refractivity contribution in [1.29, 1.82) is 0 Å². The predicted molar refractivity (Wildman–Crippen MR) is 192 cm³/mol. The molecule has 51 heavy (non-hydrogen) atoms. The molecule has 5 aromatic rings. The maximum absolute atomic E-state index is 12.7. The lowest BCUT2D eigenvalue weighted by Gasteiger charge is -2.22. The van der Waals surface area contributed by atoms with Gasteiger partial charge in [-0.2, -0.15) is 9.97 Å². The van der Waals surface area contributed by atoms with Gasteiger partial charge in [0.15, 0.2) is 17.0 Å². The highest BCUT2D eigenvalue weighted by Gasteiger charge is 2.43. The topological polar surface area (TPSA) is 182 Å². The van der Waals surface area contributed by atoms with Gasteiger partial charge in [0, 0.05) is 44.7 Å². The summed E-state index contributed by atoms with van der Waals surface area (Å²) in [5.41, 5.74) is 4.07. The summed E-state index contributed by atoms with van der Waals surface area (Å²) in [4.78, 5) is 45.5. The van der Waals surface area contributed by atoms with Crippen molar-refractivity contribution in [2.24, 2.45) is 0 Å². The van der Waals surface area contributed by atoms with Gasteiger partial charge in [-0.3, -0.25) is 9.78 Å². The molecule has 264 valence electrons. The largest absolute Gasteiger partial charge is 0.388 e. The first kappa shape index (κ1) is 33.9. The number of carbonyl (C=O) groups is 2. The number of carbonyl (C=O) groups excluding carboxylic acids is 2. The molecule has 0 unspecified atom stereocenters. The lowest BCUT2D eigenvalue weighted by Crippen LogP contribution is -2.43. The lowest BCUT2D eigenvalue weighted by atomic mass is 9.91. The van der Waals surface area contributed by atoms with Gasteiger partial charge >= 0.3 is 6.03 Å². The minimum atomic E-state index is -1.15. The van der Waals surface area contributed by atoms with Crippen molar-refractivity contribution >= 4 is 34.9 Å². The van der Waals surface area contributed by atoms with Crippen LogP contribution < -0.4 is 26.2 Å². The maximum Gasteiger partial charge on any atom is 0.315 e. The molecule has 2 aromatic carbocycles. The van der Waals surface area contributed by atoms with E-state index in [0.717, 1.165) is 16.8 Å². The third kappa shape index (κ3) is 7.61. The number of urea groups is 1. The number of aliphatic hydroxyl groups excluding tert-OH is 2. The van der Waals surface area contributed by atoms with Crippen molar-refractivity contribution in [3.63, 3.8) is 0 Å². The molecule has 7 rings (SSSR count). The minimum Gasteiger partial charge on any atom is -0.388 e. The number of aromatic nitrogens is 5. The smallest absolute Gasteiger partial charge is 0.315 e. The van der Waals surface area contributed by atoms with Crippen LogP contribution in [0.1, 0.15) is 48.5 Å². The van der Waals surface area contributed by atoms with Gasteiger partial charge in [-0.1, -0.05) is 66.7 Å². The molecule has 0 radical (unpaired) electrons. The Balaban J connectivity index is 1.16. The zero-order valence-electron chi connectivity index (χ0n) is 28.3. The fourth-order valence-electron chi connectivity index (χ4n) is 7.07. The predicted octanol–water partition coefficient (Wildman–Crippen LogP) is 2.71. The fourth-order valence-corrected chi connectivity index (χ4v) is 7.07. The van der Waals surface area contributed by atoms with Crippen molar-refractivity contribution in [3.05, 3.63) is 108 Å². The van der Waals surface area contributed by atoms with Gasteiger partial charge in [0.1, 0.15) is 12.2 Å². The molecule has 4 heterocycles. The Morgan fingerprint density at radius 2 is 1.63 bits per heavy atom. The second kappa shape index (κ2) is 15.1. The number of rotatable bonds is 11. The Hall–Kier alpha value is -5.60. The van der Waals surface area contributed by atoms with Gasteiger partial charge in [-0.05, 0) is 36.1 Å². The van der Waals surface area contributed by atoms with Crippen LogP contribution in [0, 0.1) is 0 Å². The molecule has 0 spiro atoms. The van der Waals surface area contributed by atoms with E-state index >= 15 is 0 Å². The molecule has 1 saturated heterocycles. The molecule has 14 heteroatoms. The van der Waals surface area contributed by atoms with Gasteiger partial charge in [-0.25, -0.2) is 9.78 Å². The van der Waals surface area contributed by atoms with Crippen molar-refractivity contribution in [2.45, 2.75) is 62.6 Å². The van der Waals surface area contributed by atoms with Gasteiger partial charge < -0.3 is 40.9 Å². The third-order valence-corrected chi connectivity index (χ3v) is 9.65. The van der Waals surface area contributed by atoms with Crippen molar-refractivity contribution < 1.29 is 19.8 Å². The van der Waals surface area contributed by atoms with E-state index < -0.39 is 24.3 Å². The van der Waals surface area contributed by atoms with Crippen LogP contribution >= 0.6 is 0 Å². The van der Waals surface area contributed by atoms with E-state index in [1.54, 1.807) is 17.1 Å². The van der Waals surface area contributed by atoms with E-state index in [1.807, 2.05) is 59.5 Å². The zero-order chi connectivity index (χ0) is 35.3. The molecule has 1 aliphatic heterocycles. The van der Waals surface area contributed by atoms with E-state index in [-0.39, 0.29) is 23.9 Å². The Bertz CT molecular complexity index is 1910. The van der Waals surface area contributed by atoms with Crippen LogP contribution in [0.4, 0.5) is 16.6 Å². The van der Waals surface area contributed by atoms with Crippen LogP contribution in [0.3, 0.4) is 0 Å². The van der Waals surface area contributed by atoms with Crippen LogP contribution in [-0.2, 0) is 11.3 Å². The molecular formula is C37H42N10O4. The molecule has 14 nitrogen and oxygen atoms in total. The van der Waals surface area contributed by atoms with Crippen LogP contribution in [0.25, 0.3) is 11.2 Å². The van der Waals surface area contributed by atoms with Gasteiger partial charge in [-0.15, -0.1) is 0 Å². The van der Waals surface area contributed by atoms with E-state index in [2.05, 4.69) is 50.5 Å². The Morgan fingerprint density at radius 3 is 2.31 bits per heavy atom. The van der Waals surface area contributed by atoms with E-state index in [1.165, 1.54) is 6.92 Å². The van der Waals surface area contributed by atoms with Crippen molar-refractivity contribution in [1.82, 2.24) is 40.5 Å². The molecule has 2 fully saturated rings. The molecule has 2 aliphatic rings. The number of hydrogen-bond acceptors (Lipinski definition) is 10. The average Bonchev–Trinajstić information content (AvgIpc) is 3.86. The summed E-state index contributed by atoms with van der Waals surface area (Å²) in [5, 5.41) is 34.2. The second-order valence-electron chi connectivity index (χ2n) is 13.1. The average molecular weight is 691 g/mol. The molecular weight excluding hydrogens is 648 g/mol. The number of hydrogen-bond donors (Lipinski definition) is 6. The summed E-state index contributed by atoms with van der Waals surface area (Å²) in [6.07, 6.45) is 1.98. The van der Waals surface area contributed by atoms with Crippen LogP contribution in [0.5, 0.6) is 0 Å². The van der Waals surface area contributed by atoms with E-state index in [4.69, 9.17) is 15.0 Å². The molecule has 3 amide bonds. The lowest BCUT2D eigenvalue weighted by molar-refractivity contribution is -0.120. The molecule has 1 aliphatic carbocycles. The number of pyridine rings is 1. The molecule has 3 aromatic heterocycles. The second-order valence-corrected chi connectivity index (χ2v) is 13.1. The Kier molecular flexibility index (Phi) is 10.0. The van der Waals surface area contributed by atoms with Crippen molar-refractivity contribution in [2.75, 3.05) is 29.9 Å². The highest BCUT2D eigenvalue weighted by molar-refractivity contribution is 5.85. The first-order valence-corrected chi connectivity index (χ1v) is 17.2. The third-order valence-electron chi connectivity index (χ3n) is 9.65. The Labute approximate surface area is 295 Å². The first-order valence-electron chi connectivity index (χ1n) is 17.2. The minimum absolute atomic E-state index is 0.0122. The van der Waals surface area contributed by atoms with Crippen molar-refractivity contribution in [3.8, 4) is 0 Å². The number of aliphatic hydroxyl groups is 2. The quantitative estimate of drug-likeness (QED) is 0.121. The SMILES string of the molecule is CC(=O)N[C@H]1C[C@@H](n2cnc3c(NCC(c4ccccc4)c4ccccc4)nc(N4CC[C@@H](NC(=O)NCc5ccccn5)C4)nc32)[C@H](O)[C@@H]1O.